The first-order chi connectivity index (χ1) is 7.35. The number of rotatable bonds is 6. The van der Waals surface area contributed by atoms with Gasteiger partial charge in [-0.3, -0.25) is 9.59 Å². The summed E-state index contributed by atoms with van der Waals surface area (Å²) in [4.78, 5) is 23.7. The number of aliphatic carboxylic acids is 1. The number of nitrogens with zero attached hydrogens (tertiary/aromatic N) is 1. The highest BCUT2D eigenvalue weighted by molar-refractivity contribution is 5.88. The first-order valence-corrected chi connectivity index (χ1v) is 5.04. The van der Waals surface area contributed by atoms with Gasteiger partial charge in [-0.2, -0.15) is 0 Å². The number of hydrogen-bond donors (Lipinski definition) is 2. The number of carboxylic acids is 1. The van der Waals surface area contributed by atoms with Crippen LogP contribution in [-0.2, 0) is 9.59 Å². The van der Waals surface area contributed by atoms with E-state index in [4.69, 9.17) is 11.5 Å². The van der Waals surface area contributed by atoms with Crippen LogP contribution in [0, 0.1) is 12.3 Å². The molecule has 1 amide bonds. The van der Waals surface area contributed by atoms with Crippen molar-refractivity contribution >= 4 is 11.9 Å². The maximum absolute atomic E-state index is 12.0. The van der Waals surface area contributed by atoms with Gasteiger partial charge < -0.3 is 15.3 Å². The van der Waals surface area contributed by atoms with Gasteiger partial charge in [0.1, 0.15) is 6.54 Å². The van der Waals surface area contributed by atoms with Gasteiger partial charge in [-0.1, -0.05) is 12.8 Å². The lowest BCUT2D eigenvalue weighted by Crippen LogP contribution is -2.55. The molecule has 0 aliphatic carbocycles. The van der Waals surface area contributed by atoms with Gasteiger partial charge in [-0.25, -0.2) is 0 Å². The molecule has 0 aliphatic heterocycles. The highest BCUT2D eigenvalue weighted by Gasteiger charge is 2.31. The standard InChI is InChI=1S/C11H18N2O3/c1-5-7-13(8-9(14)15)10(16)11(3,4)12-6-2/h1,12H,6-8H2,2-4H3,(H,14,15). The molecule has 0 heterocycles. The quantitative estimate of drug-likeness (QED) is 0.622. The number of terminal acetylenes is 1. The van der Waals surface area contributed by atoms with E-state index >= 15 is 0 Å². The number of likely N-dealkylation sites (N-methyl/N-ethyl adjacent to an activating group) is 1. The summed E-state index contributed by atoms with van der Waals surface area (Å²) in [6, 6.07) is 0. The minimum Gasteiger partial charge on any atom is -0.480 e. The van der Waals surface area contributed by atoms with Crippen molar-refractivity contribution in [1.29, 1.82) is 0 Å². The summed E-state index contributed by atoms with van der Waals surface area (Å²) in [6.45, 7) is 5.51. The number of carbonyl (C=O) groups is 2. The van der Waals surface area contributed by atoms with Crippen molar-refractivity contribution < 1.29 is 14.7 Å². The maximum atomic E-state index is 12.0. The van der Waals surface area contributed by atoms with E-state index < -0.39 is 11.5 Å². The molecular weight excluding hydrogens is 208 g/mol. The van der Waals surface area contributed by atoms with Crippen molar-refractivity contribution in [2.45, 2.75) is 26.3 Å². The molecule has 2 N–H and O–H groups in total. The Labute approximate surface area is 95.8 Å². The lowest BCUT2D eigenvalue weighted by atomic mass is 10.0. The minimum atomic E-state index is -1.07. The lowest BCUT2D eigenvalue weighted by Gasteiger charge is -2.30. The number of carboxylic acid groups (broad SMARTS) is 1. The van der Waals surface area contributed by atoms with E-state index in [1.165, 1.54) is 0 Å². The molecule has 0 saturated carbocycles. The molecule has 0 fully saturated rings. The van der Waals surface area contributed by atoms with E-state index in [0.29, 0.717) is 6.54 Å². The number of nitrogens with one attached hydrogen (secondary N) is 1. The fraction of sp³-hybridized carbons (Fsp3) is 0.636. The Morgan fingerprint density at radius 1 is 1.50 bits per heavy atom. The van der Waals surface area contributed by atoms with Crippen LogP contribution in [-0.4, -0.2) is 47.1 Å². The van der Waals surface area contributed by atoms with Gasteiger partial charge in [0.25, 0.3) is 0 Å². The molecule has 0 bridgehead atoms. The molecule has 0 spiro atoms. The van der Waals surface area contributed by atoms with Gasteiger partial charge in [-0.15, -0.1) is 6.42 Å². The van der Waals surface area contributed by atoms with Crippen LogP contribution in [0.5, 0.6) is 0 Å². The Morgan fingerprint density at radius 3 is 2.44 bits per heavy atom. The van der Waals surface area contributed by atoms with Crippen molar-refractivity contribution in [3.8, 4) is 12.3 Å². The summed E-state index contributed by atoms with van der Waals surface area (Å²) in [7, 11) is 0. The Morgan fingerprint density at radius 2 is 2.06 bits per heavy atom. The number of carbonyl (C=O) groups excluding carboxylic acids is 1. The van der Waals surface area contributed by atoms with E-state index in [0.717, 1.165) is 4.90 Å². The second-order valence-corrected chi connectivity index (χ2v) is 3.91. The molecule has 0 aliphatic rings. The molecule has 0 unspecified atom stereocenters. The highest BCUT2D eigenvalue weighted by atomic mass is 16.4. The summed E-state index contributed by atoms with van der Waals surface area (Å²) >= 11 is 0. The van der Waals surface area contributed by atoms with Crippen LogP contribution in [0.1, 0.15) is 20.8 Å². The number of hydrogen-bond acceptors (Lipinski definition) is 3. The van der Waals surface area contributed by atoms with Crippen LogP contribution in [0.2, 0.25) is 0 Å². The molecule has 5 nitrogen and oxygen atoms in total. The van der Waals surface area contributed by atoms with Gasteiger partial charge in [0.2, 0.25) is 5.91 Å². The van der Waals surface area contributed by atoms with E-state index in [1.54, 1.807) is 13.8 Å². The maximum Gasteiger partial charge on any atom is 0.323 e. The predicted octanol–water partition coefficient (Wildman–Crippen LogP) is -0.0791. The Hall–Kier alpha value is -1.54. The van der Waals surface area contributed by atoms with Gasteiger partial charge in [0, 0.05) is 0 Å². The second-order valence-electron chi connectivity index (χ2n) is 3.91. The first-order valence-electron chi connectivity index (χ1n) is 5.04. The third kappa shape index (κ3) is 4.32. The predicted molar refractivity (Wildman–Crippen MR) is 60.8 cm³/mol. The van der Waals surface area contributed by atoms with Crippen LogP contribution >= 0.6 is 0 Å². The average Bonchev–Trinajstić information content (AvgIpc) is 2.15. The molecule has 0 aromatic heterocycles. The zero-order chi connectivity index (χ0) is 12.8. The second kappa shape index (κ2) is 6.13. The molecule has 5 heteroatoms. The lowest BCUT2D eigenvalue weighted by molar-refractivity contribution is -0.146. The molecular formula is C11H18N2O3. The van der Waals surface area contributed by atoms with Gasteiger partial charge >= 0.3 is 5.97 Å². The minimum absolute atomic E-state index is 0.0000420. The normalized spacial score (nSPS) is 10.6. The van der Waals surface area contributed by atoms with E-state index in [-0.39, 0.29) is 19.0 Å². The molecule has 0 rings (SSSR count). The van der Waals surface area contributed by atoms with Crippen LogP contribution in [0.3, 0.4) is 0 Å². The van der Waals surface area contributed by atoms with Crippen molar-refractivity contribution in [3.63, 3.8) is 0 Å². The molecule has 16 heavy (non-hydrogen) atoms. The molecule has 0 atom stereocenters. The largest absolute Gasteiger partial charge is 0.480 e. The molecule has 90 valence electrons. The monoisotopic (exact) mass is 226 g/mol. The third-order valence-electron chi connectivity index (χ3n) is 2.05. The Kier molecular flexibility index (Phi) is 5.54. The fourth-order valence-electron chi connectivity index (χ4n) is 1.39. The zero-order valence-electron chi connectivity index (χ0n) is 9.91. The molecule has 0 aromatic carbocycles. The summed E-state index contributed by atoms with van der Waals surface area (Å²) in [5.74, 6) is 0.899. The smallest absolute Gasteiger partial charge is 0.323 e. The van der Waals surface area contributed by atoms with Crippen LogP contribution < -0.4 is 5.32 Å². The van der Waals surface area contributed by atoms with Crippen LogP contribution in [0.25, 0.3) is 0 Å². The van der Waals surface area contributed by atoms with E-state index in [1.807, 2.05) is 6.92 Å². The molecule has 0 aromatic rings. The summed E-state index contributed by atoms with van der Waals surface area (Å²) in [6.07, 6.45) is 5.10. The van der Waals surface area contributed by atoms with Crippen LogP contribution in [0.4, 0.5) is 0 Å². The van der Waals surface area contributed by atoms with Crippen molar-refractivity contribution in [2.75, 3.05) is 19.6 Å². The van der Waals surface area contributed by atoms with Gasteiger partial charge in [-0.05, 0) is 20.4 Å². The third-order valence-corrected chi connectivity index (χ3v) is 2.05. The van der Waals surface area contributed by atoms with E-state index in [2.05, 4.69) is 11.2 Å². The zero-order valence-corrected chi connectivity index (χ0v) is 9.91. The van der Waals surface area contributed by atoms with E-state index in [9.17, 15) is 9.59 Å². The highest BCUT2D eigenvalue weighted by Crippen LogP contribution is 2.07. The topological polar surface area (TPSA) is 69.6 Å². The Balaban J connectivity index is 4.73. The molecule has 0 radical (unpaired) electrons. The average molecular weight is 226 g/mol. The van der Waals surface area contributed by atoms with Gasteiger partial charge in [0.15, 0.2) is 0 Å². The fourth-order valence-corrected chi connectivity index (χ4v) is 1.39. The number of amides is 1. The van der Waals surface area contributed by atoms with Crippen molar-refractivity contribution in [3.05, 3.63) is 0 Å². The van der Waals surface area contributed by atoms with Crippen molar-refractivity contribution in [2.24, 2.45) is 0 Å². The molecule has 0 saturated heterocycles. The summed E-state index contributed by atoms with van der Waals surface area (Å²) in [5.41, 5.74) is -0.805. The Bertz CT molecular complexity index is 305. The van der Waals surface area contributed by atoms with Crippen molar-refractivity contribution in [1.82, 2.24) is 10.2 Å². The summed E-state index contributed by atoms with van der Waals surface area (Å²) < 4.78 is 0. The van der Waals surface area contributed by atoms with Crippen LogP contribution in [0.15, 0.2) is 0 Å². The SMILES string of the molecule is C#CCN(CC(=O)O)C(=O)C(C)(C)NCC. The summed E-state index contributed by atoms with van der Waals surface area (Å²) in [5, 5.41) is 11.7. The first kappa shape index (κ1) is 14.5. The van der Waals surface area contributed by atoms with Gasteiger partial charge in [0.05, 0.1) is 12.1 Å².